The molecule has 0 bridgehead atoms. The minimum Gasteiger partial charge on any atom is -0.480 e. The number of sulfonamides is 1. The molecule has 0 spiro atoms. The molecule has 23 heavy (non-hydrogen) atoms. The molecule has 1 rings (SSSR count). The van der Waals surface area contributed by atoms with E-state index in [0.29, 0.717) is 12.8 Å². The van der Waals surface area contributed by atoms with Crippen molar-refractivity contribution in [3.05, 3.63) is 30.1 Å². The Morgan fingerprint density at radius 2 is 1.87 bits per heavy atom. The molecule has 1 unspecified atom stereocenters. The van der Waals surface area contributed by atoms with Crippen molar-refractivity contribution in [2.45, 2.75) is 37.1 Å². The first-order valence-corrected chi connectivity index (χ1v) is 8.52. The van der Waals surface area contributed by atoms with Crippen molar-refractivity contribution < 1.29 is 27.5 Å². The Labute approximate surface area is 133 Å². The molecule has 9 heteroatoms. The maximum absolute atomic E-state index is 12.8. The first-order valence-electron chi connectivity index (χ1n) is 7.03. The van der Waals surface area contributed by atoms with E-state index in [1.807, 2.05) is 0 Å². The van der Waals surface area contributed by atoms with Crippen molar-refractivity contribution in [3.8, 4) is 0 Å². The van der Waals surface area contributed by atoms with Gasteiger partial charge < -0.3 is 10.4 Å². The first kappa shape index (κ1) is 19.0. The molecule has 0 saturated heterocycles. The standard InChI is InChI=1S/C14H19FN2O5S/c1-2-3-12(14(19)20)17-13(18)8-9-16-23(21,22)11-6-4-10(15)5-7-11/h4-7,12,16H,2-3,8-9H2,1H3,(H,17,18)(H,19,20). The number of aliphatic carboxylic acids is 1. The van der Waals surface area contributed by atoms with Crippen molar-refractivity contribution in [1.82, 2.24) is 10.0 Å². The number of hydrogen-bond donors (Lipinski definition) is 3. The topological polar surface area (TPSA) is 113 Å². The molecule has 0 radical (unpaired) electrons. The Kier molecular flexibility index (Phi) is 7.11. The highest BCUT2D eigenvalue weighted by molar-refractivity contribution is 7.89. The highest BCUT2D eigenvalue weighted by Crippen LogP contribution is 2.09. The van der Waals surface area contributed by atoms with Crippen LogP contribution in [-0.2, 0) is 19.6 Å². The molecule has 3 N–H and O–H groups in total. The third kappa shape index (κ3) is 6.33. The van der Waals surface area contributed by atoms with Crippen LogP contribution in [0.2, 0.25) is 0 Å². The molecule has 1 aromatic rings. The van der Waals surface area contributed by atoms with Gasteiger partial charge in [0.25, 0.3) is 0 Å². The number of carbonyl (C=O) groups excluding carboxylic acids is 1. The second-order valence-electron chi connectivity index (χ2n) is 4.85. The van der Waals surface area contributed by atoms with Gasteiger partial charge in [-0.2, -0.15) is 0 Å². The van der Waals surface area contributed by atoms with E-state index >= 15 is 0 Å². The monoisotopic (exact) mass is 346 g/mol. The predicted molar refractivity (Wildman–Crippen MR) is 80.7 cm³/mol. The molecule has 0 aliphatic carbocycles. The van der Waals surface area contributed by atoms with E-state index in [9.17, 15) is 22.4 Å². The van der Waals surface area contributed by atoms with E-state index in [0.717, 1.165) is 24.3 Å². The zero-order valence-electron chi connectivity index (χ0n) is 12.6. The lowest BCUT2D eigenvalue weighted by molar-refractivity contribution is -0.142. The van der Waals surface area contributed by atoms with Crippen LogP contribution >= 0.6 is 0 Å². The average Bonchev–Trinajstić information content (AvgIpc) is 2.47. The van der Waals surface area contributed by atoms with E-state index in [2.05, 4.69) is 10.0 Å². The fraction of sp³-hybridized carbons (Fsp3) is 0.429. The lowest BCUT2D eigenvalue weighted by Gasteiger charge is -2.13. The molecule has 0 saturated carbocycles. The van der Waals surface area contributed by atoms with E-state index in [1.54, 1.807) is 6.92 Å². The maximum Gasteiger partial charge on any atom is 0.326 e. The van der Waals surface area contributed by atoms with Gasteiger partial charge in [-0.3, -0.25) is 4.79 Å². The zero-order valence-corrected chi connectivity index (χ0v) is 13.4. The molecule has 128 valence electrons. The average molecular weight is 346 g/mol. The third-order valence-electron chi connectivity index (χ3n) is 2.98. The summed E-state index contributed by atoms with van der Waals surface area (Å²) in [5.41, 5.74) is 0. The summed E-state index contributed by atoms with van der Waals surface area (Å²) in [4.78, 5) is 22.4. The second kappa shape index (κ2) is 8.59. The minimum atomic E-state index is -3.84. The summed E-state index contributed by atoms with van der Waals surface area (Å²) in [6, 6.07) is 3.27. The van der Waals surface area contributed by atoms with Crippen LogP contribution in [0.5, 0.6) is 0 Å². The molecule has 0 aliphatic heterocycles. The summed E-state index contributed by atoms with van der Waals surface area (Å²) in [5.74, 6) is -2.25. The van der Waals surface area contributed by atoms with E-state index in [-0.39, 0.29) is 17.9 Å². The zero-order chi connectivity index (χ0) is 17.5. The molecule has 1 amide bonds. The molecular formula is C14H19FN2O5S. The fourth-order valence-electron chi connectivity index (χ4n) is 1.81. The van der Waals surface area contributed by atoms with Gasteiger partial charge in [-0.05, 0) is 30.7 Å². The molecule has 0 aliphatic rings. The number of rotatable bonds is 9. The summed E-state index contributed by atoms with van der Waals surface area (Å²) >= 11 is 0. The van der Waals surface area contributed by atoms with Crippen LogP contribution in [0.4, 0.5) is 4.39 Å². The van der Waals surface area contributed by atoms with Crippen LogP contribution in [-0.4, -0.2) is 38.0 Å². The summed E-state index contributed by atoms with van der Waals surface area (Å²) in [5, 5.41) is 11.3. The molecule has 0 aromatic heterocycles. The highest BCUT2D eigenvalue weighted by Gasteiger charge is 2.19. The van der Waals surface area contributed by atoms with E-state index in [1.165, 1.54) is 0 Å². The lowest BCUT2D eigenvalue weighted by Crippen LogP contribution is -2.41. The molecule has 1 aromatic carbocycles. The first-order chi connectivity index (χ1) is 10.8. The Balaban J connectivity index is 2.50. The van der Waals surface area contributed by atoms with Gasteiger partial charge in [0.05, 0.1) is 4.90 Å². The molecule has 1 atom stereocenters. The second-order valence-corrected chi connectivity index (χ2v) is 6.62. The fourth-order valence-corrected chi connectivity index (χ4v) is 2.84. The van der Waals surface area contributed by atoms with Gasteiger partial charge in [0.1, 0.15) is 11.9 Å². The predicted octanol–water partition coefficient (Wildman–Crippen LogP) is 0.864. The quantitative estimate of drug-likeness (QED) is 0.614. The van der Waals surface area contributed by atoms with Crippen molar-refractivity contribution in [2.24, 2.45) is 0 Å². The minimum absolute atomic E-state index is 0.117. The van der Waals surface area contributed by atoms with Gasteiger partial charge >= 0.3 is 5.97 Å². The summed E-state index contributed by atoms with van der Waals surface area (Å²) < 4.78 is 38.8. The number of carboxylic acid groups (broad SMARTS) is 1. The Morgan fingerprint density at radius 3 is 2.39 bits per heavy atom. The van der Waals surface area contributed by atoms with Crippen LogP contribution in [0, 0.1) is 5.82 Å². The summed E-state index contributed by atoms with van der Waals surface area (Å²) in [6.45, 7) is 1.60. The van der Waals surface area contributed by atoms with Crippen LogP contribution in [0.25, 0.3) is 0 Å². The van der Waals surface area contributed by atoms with Crippen molar-refractivity contribution in [3.63, 3.8) is 0 Å². The van der Waals surface area contributed by atoms with Crippen LogP contribution in [0.3, 0.4) is 0 Å². The smallest absolute Gasteiger partial charge is 0.326 e. The molecule has 0 heterocycles. The van der Waals surface area contributed by atoms with Gasteiger partial charge in [0.15, 0.2) is 0 Å². The number of halogens is 1. The summed E-state index contributed by atoms with van der Waals surface area (Å²) in [7, 11) is -3.84. The van der Waals surface area contributed by atoms with Crippen LogP contribution in [0.15, 0.2) is 29.2 Å². The Morgan fingerprint density at radius 1 is 1.26 bits per heavy atom. The number of benzene rings is 1. The van der Waals surface area contributed by atoms with Crippen LogP contribution in [0.1, 0.15) is 26.2 Å². The van der Waals surface area contributed by atoms with Gasteiger partial charge in [-0.1, -0.05) is 13.3 Å². The lowest BCUT2D eigenvalue weighted by atomic mass is 10.1. The van der Waals surface area contributed by atoms with Gasteiger partial charge in [0.2, 0.25) is 15.9 Å². The SMILES string of the molecule is CCCC(NC(=O)CCNS(=O)(=O)c1ccc(F)cc1)C(=O)O. The van der Waals surface area contributed by atoms with Gasteiger partial charge in [-0.25, -0.2) is 22.3 Å². The van der Waals surface area contributed by atoms with Crippen molar-refractivity contribution in [1.29, 1.82) is 0 Å². The van der Waals surface area contributed by atoms with E-state index in [4.69, 9.17) is 5.11 Å². The number of amides is 1. The van der Waals surface area contributed by atoms with Gasteiger partial charge in [0, 0.05) is 13.0 Å². The maximum atomic E-state index is 12.8. The van der Waals surface area contributed by atoms with Gasteiger partial charge in [-0.15, -0.1) is 0 Å². The molecular weight excluding hydrogens is 327 g/mol. The normalized spacial score (nSPS) is 12.6. The Bertz CT molecular complexity index is 646. The number of carbonyl (C=O) groups is 2. The molecule has 7 nitrogen and oxygen atoms in total. The highest BCUT2D eigenvalue weighted by atomic mass is 32.2. The number of carboxylic acids is 1. The largest absolute Gasteiger partial charge is 0.480 e. The summed E-state index contributed by atoms with van der Waals surface area (Å²) in [6.07, 6.45) is 0.685. The van der Waals surface area contributed by atoms with Crippen molar-refractivity contribution in [2.75, 3.05) is 6.54 Å². The van der Waals surface area contributed by atoms with Crippen LogP contribution < -0.4 is 10.0 Å². The third-order valence-corrected chi connectivity index (χ3v) is 4.46. The molecule has 0 fully saturated rings. The Hall–Kier alpha value is -2.00. The number of hydrogen-bond acceptors (Lipinski definition) is 4. The van der Waals surface area contributed by atoms with E-state index < -0.39 is 33.8 Å². The van der Waals surface area contributed by atoms with Crippen molar-refractivity contribution >= 4 is 21.9 Å². The number of nitrogens with one attached hydrogen (secondary N) is 2.